The Balaban J connectivity index is 1.43. The van der Waals surface area contributed by atoms with E-state index in [1.807, 2.05) is 12.1 Å². The van der Waals surface area contributed by atoms with Crippen molar-refractivity contribution in [2.24, 2.45) is 11.8 Å². The fourth-order valence-electron chi connectivity index (χ4n) is 5.56. The Morgan fingerprint density at radius 1 is 1.24 bits per heavy atom. The number of ether oxygens (including phenoxy) is 1. The predicted molar refractivity (Wildman–Crippen MR) is 139 cm³/mol. The first-order chi connectivity index (χ1) is 17.7. The van der Waals surface area contributed by atoms with Crippen LogP contribution in [0.15, 0.2) is 36.5 Å². The average molecular weight is 540 g/mol. The molecule has 1 saturated heterocycles. The average Bonchev–Trinajstić information content (AvgIpc) is 3.18. The summed E-state index contributed by atoms with van der Waals surface area (Å²) in [5, 5.41) is 11.8. The molecule has 7 nitrogen and oxygen atoms in total. The molecule has 202 valence electrons. The summed E-state index contributed by atoms with van der Waals surface area (Å²) in [7, 11) is 1.53. The van der Waals surface area contributed by atoms with E-state index in [1.54, 1.807) is 6.07 Å². The SMILES string of the molecule is C=C1C(CC)CC(CCO)[C@H]1N1CCN(c2ccc(Nc3ncc(C(F)(F)F)c(Cl)n3)c(OC)c2)CC1. The number of hydrogen-bond donors (Lipinski definition) is 2. The van der Waals surface area contributed by atoms with Crippen LogP contribution in [0.5, 0.6) is 5.75 Å². The van der Waals surface area contributed by atoms with Crippen molar-refractivity contribution in [3.8, 4) is 5.75 Å². The van der Waals surface area contributed by atoms with Gasteiger partial charge in [0.25, 0.3) is 0 Å². The Morgan fingerprint density at radius 3 is 2.57 bits per heavy atom. The van der Waals surface area contributed by atoms with Crippen molar-refractivity contribution in [3.63, 3.8) is 0 Å². The second-order valence-corrected chi connectivity index (χ2v) is 9.92. The van der Waals surface area contributed by atoms with Gasteiger partial charge in [0.15, 0.2) is 0 Å². The highest BCUT2D eigenvalue weighted by atomic mass is 35.5. The Hall–Kier alpha value is -2.56. The molecule has 0 spiro atoms. The number of alkyl halides is 3. The van der Waals surface area contributed by atoms with Gasteiger partial charge in [-0.25, -0.2) is 9.97 Å². The molecule has 3 atom stereocenters. The second-order valence-electron chi connectivity index (χ2n) is 9.56. The molecule has 0 amide bonds. The largest absolute Gasteiger partial charge is 0.494 e. The third-order valence-corrected chi connectivity index (χ3v) is 7.77. The summed E-state index contributed by atoms with van der Waals surface area (Å²) in [6.45, 7) is 10.3. The van der Waals surface area contributed by atoms with Gasteiger partial charge in [0.2, 0.25) is 5.95 Å². The third kappa shape index (κ3) is 5.97. The van der Waals surface area contributed by atoms with Crippen LogP contribution in [0.2, 0.25) is 5.15 Å². The van der Waals surface area contributed by atoms with E-state index in [1.165, 1.54) is 12.7 Å². The maximum Gasteiger partial charge on any atom is 0.420 e. The van der Waals surface area contributed by atoms with E-state index in [-0.39, 0.29) is 12.6 Å². The van der Waals surface area contributed by atoms with E-state index in [0.717, 1.165) is 51.1 Å². The summed E-state index contributed by atoms with van der Waals surface area (Å²) in [6.07, 6.45) is -0.979. The van der Waals surface area contributed by atoms with E-state index >= 15 is 0 Å². The standard InChI is InChI=1S/C26H33ClF3N5O2/c1-4-17-13-18(7-12-36)23(16(17)2)35-10-8-34(9-11-35)19-5-6-21(22(14-19)37-3)32-25-31-15-20(24(27)33-25)26(28,29)30/h5-6,14-15,17-18,23,36H,2,4,7-13H2,1,3H3,(H,31,32,33)/t17?,18?,23-/m0/s1. The molecule has 0 radical (unpaired) electrons. The number of halogens is 4. The Morgan fingerprint density at radius 2 is 1.97 bits per heavy atom. The number of nitrogens with zero attached hydrogens (tertiary/aromatic N) is 4. The molecule has 1 aromatic heterocycles. The third-order valence-electron chi connectivity index (χ3n) is 7.48. The molecule has 1 saturated carbocycles. The molecule has 2 heterocycles. The van der Waals surface area contributed by atoms with Gasteiger partial charge in [0.1, 0.15) is 16.5 Å². The van der Waals surface area contributed by atoms with Crippen molar-refractivity contribution in [1.82, 2.24) is 14.9 Å². The van der Waals surface area contributed by atoms with Gasteiger partial charge in [-0.3, -0.25) is 4.90 Å². The van der Waals surface area contributed by atoms with E-state index in [0.29, 0.717) is 35.5 Å². The number of benzene rings is 1. The van der Waals surface area contributed by atoms with Gasteiger partial charge >= 0.3 is 6.18 Å². The lowest BCUT2D eigenvalue weighted by molar-refractivity contribution is -0.137. The van der Waals surface area contributed by atoms with E-state index in [9.17, 15) is 18.3 Å². The molecule has 4 rings (SSSR count). The van der Waals surface area contributed by atoms with E-state index in [2.05, 4.69) is 38.6 Å². The highest BCUT2D eigenvalue weighted by Gasteiger charge is 2.40. The fourth-order valence-corrected chi connectivity index (χ4v) is 5.80. The number of piperazine rings is 1. The van der Waals surface area contributed by atoms with Crippen molar-refractivity contribution in [2.75, 3.05) is 50.1 Å². The van der Waals surface area contributed by atoms with Crippen molar-refractivity contribution < 1.29 is 23.0 Å². The topological polar surface area (TPSA) is 73.8 Å². The molecule has 2 aliphatic rings. The van der Waals surface area contributed by atoms with Crippen molar-refractivity contribution in [2.45, 2.75) is 38.4 Å². The lowest BCUT2D eigenvalue weighted by Crippen LogP contribution is -2.52. The summed E-state index contributed by atoms with van der Waals surface area (Å²) in [5.41, 5.74) is 1.71. The van der Waals surface area contributed by atoms with Crippen LogP contribution < -0.4 is 15.0 Å². The van der Waals surface area contributed by atoms with Crippen molar-refractivity contribution in [1.29, 1.82) is 0 Å². The van der Waals surface area contributed by atoms with Crippen LogP contribution in [0, 0.1) is 11.8 Å². The zero-order valence-electron chi connectivity index (χ0n) is 21.1. The Kier molecular flexibility index (Phi) is 8.50. The van der Waals surface area contributed by atoms with Gasteiger partial charge in [-0.2, -0.15) is 13.2 Å². The number of nitrogens with one attached hydrogen (secondary N) is 1. The maximum absolute atomic E-state index is 12.9. The highest BCUT2D eigenvalue weighted by Crippen LogP contribution is 2.42. The monoisotopic (exact) mass is 539 g/mol. The summed E-state index contributed by atoms with van der Waals surface area (Å²) in [4.78, 5) is 12.3. The summed E-state index contributed by atoms with van der Waals surface area (Å²) < 4.78 is 44.4. The number of aliphatic hydroxyl groups excluding tert-OH is 1. The summed E-state index contributed by atoms with van der Waals surface area (Å²) in [6, 6.07) is 5.93. The fraction of sp³-hybridized carbons (Fsp3) is 0.538. The Bertz CT molecular complexity index is 1110. The predicted octanol–water partition coefficient (Wildman–Crippen LogP) is 5.38. The van der Waals surface area contributed by atoms with Crippen molar-refractivity contribution in [3.05, 3.63) is 47.3 Å². The first-order valence-corrected chi connectivity index (χ1v) is 12.9. The van der Waals surface area contributed by atoms with Crippen LogP contribution in [0.3, 0.4) is 0 Å². The molecular formula is C26H33ClF3N5O2. The molecule has 11 heteroatoms. The van der Waals surface area contributed by atoms with Gasteiger partial charge < -0.3 is 20.1 Å². The number of rotatable bonds is 8. The number of aromatic nitrogens is 2. The summed E-state index contributed by atoms with van der Waals surface area (Å²) in [5.74, 6) is 1.42. The summed E-state index contributed by atoms with van der Waals surface area (Å²) >= 11 is 5.72. The van der Waals surface area contributed by atoms with Gasteiger partial charge in [-0.15, -0.1) is 0 Å². The first-order valence-electron chi connectivity index (χ1n) is 12.5. The van der Waals surface area contributed by atoms with Crippen LogP contribution in [-0.4, -0.2) is 65.9 Å². The normalized spacial score (nSPS) is 22.9. The van der Waals surface area contributed by atoms with Gasteiger partial charge in [0.05, 0.1) is 12.8 Å². The molecule has 2 aromatic rings. The second kappa shape index (κ2) is 11.4. The smallest absolute Gasteiger partial charge is 0.420 e. The minimum atomic E-state index is -4.62. The molecule has 1 aromatic carbocycles. The quantitative estimate of drug-likeness (QED) is 0.345. The first kappa shape index (κ1) is 27.5. The molecule has 2 unspecified atom stereocenters. The number of hydrogen-bond acceptors (Lipinski definition) is 7. The van der Waals surface area contributed by atoms with Crippen LogP contribution in [0.25, 0.3) is 0 Å². The molecular weight excluding hydrogens is 507 g/mol. The minimum absolute atomic E-state index is 0.0581. The molecule has 0 bridgehead atoms. The maximum atomic E-state index is 12.9. The molecule has 2 fully saturated rings. The lowest BCUT2D eigenvalue weighted by Gasteiger charge is -2.41. The number of anilines is 3. The van der Waals surface area contributed by atoms with Crippen LogP contribution in [-0.2, 0) is 6.18 Å². The van der Waals surface area contributed by atoms with Gasteiger partial charge in [-0.05, 0) is 43.2 Å². The van der Waals surface area contributed by atoms with Crippen LogP contribution in [0.4, 0.5) is 30.5 Å². The zero-order valence-corrected chi connectivity index (χ0v) is 21.8. The number of methoxy groups -OCH3 is 1. The van der Waals surface area contributed by atoms with E-state index < -0.39 is 16.9 Å². The Labute approximate surface area is 220 Å². The van der Waals surface area contributed by atoms with Gasteiger partial charge in [0, 0.05) is 56.8 Å². The molecule has 2 N–H and O–H groups in total. The number of aliphatic hydroxyl groups is 1. The molecule has 1 aliphatic heterocycles. The highest BCUT2D eigenvalue weighted by molar-refractivity contribution is 6.30. The molecule has 1 aliphatic carbocycles. The lowest BCUT2D eigenvalue weighted by atomic mass is 9.96. The zero-order chi connectivity index (χ0) is 26.7. The van der Waals surface area contributed by atoms with Crippen molar-refractivity contribution >= 4 is 28.9 Å². The van der Waals surface area contributed by atoms with Crippen LogP contribution in [0.1, 0.15) is 31.7 Å². The van der Waals surface area contributed by atoms with E-state index in [4.69, 9.17) is 16.3 Å². The van der Waals surface area contributed by atoms with Crippen LogP contribution >= 0.6 is 11.6 Å². The molecule has 37 heavy (non-hydrogen) atoms. The minimum Gasteiger partial charge on any atom is -0.494 e. The van der Waals surface area contributed by atoms with Gasteiger partial charge in [-0.1, -0.05) is 30.7 Å².